The molecule has 0 aliphatic carbocycles. The minimum absolute atomic E-state index is 0.165. The van der Waals surface area contributed by atoms with E-state index in [-0.39, 0.29) is 17.5 Å². The molecule has 2 aromatic carbocycles. The largest absolute Gasteiger partial charge is 0.322 e. The molecule has 0 atom stereocenters. The molecule has 0 aliphatic rings. The Kier molecular flexibility index (Phi) is 5.76. The van der Waals surface area contributed by atoms with Crippen molar-refractivity contribution in [2.75, 3.05) is 10.6 Å². The summed E-state index contributed by atoms with van der Waals surface area (Å²) in [6, 6.07) is 14.1. The van der Waals surface area contributed by atoms with E-state index >= 15 is 0 Å². The average molecular weight is 394 g/mol. The van der Waals surface area contributed by atoms with Crippen molar-refractivity contribution >= 4 is 34.8 Å². The summed E-state index contributed by atoms with van der Waals surface area (Å²) in [5.41, 5.74) is 4.56. The van der Waals surface area contributed by atoms with E-state index in [0.717, 1.165) is 22.4 Å². The Bertz CT molecular complexity index is 1040. The van der Waals surface area contributed by atoms with Crippen molar-refractivity contribution in [2.24, 2.45) is 0 Å². The summed E-state index contributed by atoms with van der Waals surface area (Å²) in [6.07, 6.45) is 1.44. The standard InChI is InChI=1S/C22H20ClN3O2/c1-13-6-4-7-14(2)20(13)26-22(28)19-12-16(10-11-24-19)21(27)25-18-9-5-8-17(23)15(18)3/h4-12H,1-3H3,(H,25,27)(H,26,28). The second-order valence-electron chi connectivity index (χ2n) is 6.52. The van der Waals surface area contributed by atoms with E-state index in [4.69, 9.17) is 11.6 Å². The molecular weight excluding hydrogens is 374 g/mol. The Labute approximate surface area is 168 Å². The number of pyridine rings is 1. The molecule has 1 heterocycles. The van der Waals surface area contributed by atoms with Crippen LogP contribution in [0.2, 0.25) is 5.02 Å². The van der Waals surface area contributed by atoms with Crippen molar-refractivity contribution in [1.82, 2.24) is 4.98 Å². The van der Waals surface area contributed by atoms with Gasteiger partial charge in [0, 0.05) is 28.2 Å². The van der Waals surface area contributed by atoms with E-state index in [2.05, 4.69) is 15.6 Å². The summed E-state index contributed by atoms with van der Waals surface area (Å²) in [6.45, 7) is 5.67. The van der Waals surface area contributed by atoms with Gasteiger partial charge in [-0.1, -0.05) is 35.9 Å². The van der Waals surface area contributed by atoms with E-state index in [1.165, 1.54) is 12.3 Å². The van der Waals surface area contributed by atoms with Crippen molar-refractivity contribution < 1.29 is 9.59 Å². The van der Waals surface area contributed by atoms with Crippen LogP contribution >= 0.6 is 11.6 Å². The minimum atomic E-state index is -0.369. The molecule has 0 fully saturated rings. The molecule has 1 aromatic heterocycles. The second kappa shape index (κ2) is 8.23. The van der Waals surface area contributed by atoms with Crippen molar-refractivity contribution in [3.8, 4) is 0 Å². The van der Waals surface area contributed by atoms with Gasteiger partial charge in [0.05, 0.1) is 0 Å². The minimum Gasteiger partial charge on any atom is -0.322 e. The number of amides is 2. The molecule has 6 heteroatoms. The predicted molar refractivity (Wildman–Crippen MR) is 112 cm³/mol. The van der Waals surface area contributed by atoms with Crippen molar-refractivity contribution in [1.29, 1.82) is 0 Å². The normalized spacial score (nSPS) is 10.4. The number of carbonyl (C=O) groups excluding carboxylic acids is 2. The lowest BCUT2D eigenvalue weighted by Crippen LogP contribution is -2.18. The zero-order valence-corrected chi connectivity index (χ0v) is 16.6. The number of aryl methyl sites for hydroxylation is 2. The molecule has 28 heavy (non-hydrogen) atoms. The zero-order valence-electron chi connectivity index (χ0n) is 15.8. The molecule has 5 nitrogen and oxygen atoms in total. The maximum atomic E-state index is 12.6. The van der Waals surface area contributed by atoms with Crippen LogP contribution in [0.15, 0.2) is 54.7 Å². The van der Waals surface area contributed by atoms with Crippen LogP contribution in [0.3, 0.4) is 0 Å². The number of hydrogen-bond acceptors (Lipinski definition) is 3. The van der Waals surface area contributed by atoms with Gasteiger partial charge in [-0.3, -0.25) is 14.6 Å². The van der Waals surface area contributed by atoms with Gasteiger partial charge in [-0.2, -0.15) is 0 Å². The van der Waals surface area contributed by atoms with Crippen molar-refractivity contribution in [3.63, 3.8) is 0 Å². The Hall–Kier alpha value is -3.18. The maximum absolute atomic E-state index is 12.6. The highest BCUT2D eigenvalue weighted by Crippen LogP contribution is 2.24. The first-order chi connectivity index (χ1) is 13.4. The number of rotatable bonds is 4. The molecule has 0 spiro atoms. The highest BCUT2D eigenvalue weighted by atomic mass is 35.5. The fourth-order valence-corrected chi connectivity index (χ4v) is 3.00. The van der Waals surface area contributed by atoms with Crippen LogP contribution in [0.25, 0.3) is 0 Å². The van der Waals surface area contributed by atoms with Gasteiger partial charge in [0.1, 0.15) is 5.69 Å². The first-order valence-electron chi connectivity index (χ1n) is 8.77. The van der Waals surface area contributed by atoms with Crippen LogP contribution in [0.4, 0.5) is 11.4 Å². The van der Waals surface area contributed by atoms with E-state index < -0.39 is 0 Å². The summed E-state index contributed by atoms with van der Waals surface area (Å²) in [5, 5.41) is 6.27. The first-order valence-corrected chi connectivity index (χ1v) is 9.14. The molecule has 0 unspecified atom stereocenters. The third kappa shape index (κ3) is 4.21. The maximum Gasteiger partial charge on any atom is 0.274 e. The van der Waals surface area contributed by atoms with Crippen LogP contribution in [0.1, 0.15) is 37.5 Å². The van der Waals surface area contributed by atoms with E-state index in [1.807, 2.05) is 39.0 Å². The van der Waals surface area contributed by atoms with E-state index in [0.29, 0.717) is 16.3 Å². The molecule has 0 saturated carbocycles. The Morgan fingerprint density at radius 1 is 0.893 bits per heavy atom. The number of anilines is 2. The molecule has 0 aliphatic heterocycles. The molecule has 2 amide bonds. The third-order valence-electron chi connectivity index (χ3n) is 4.49. The van der Waals surface area contributed by atoms with Crippen LogP contribution in [-0.2, 0) is 0 Å². The van der Waals surface area contributed by atoms with Gasteiger partial charge in [-0.15, -0.1) is 0 Å². The number of carbonyl (C=O) groups is 2. The van der Waals surface area contributed by atoms with Crippen molar-refractivity contribution in [3.05, 3.63) is 87.7 Å². The summed E-state index contributed by atoms with van der Waals surface area (Å²) in [7, 11) is 0. The number of para-hydroxylation sites is 1. The van der Waals surface area contributed by atoms with Crippen LogP contribution in [0.5, 0.6) is 0 Å². The van der Waals surface area contributed by atoms with Crippen LogP contribution in [-0.4, -0.2) is 16.8 Å². The third-order valence-corrected chi connectivity index (χ3v) is 4.90. The van der Waals surface area contributed by atoms with Crippen LogP contribution < -0.4 is 10.6 Å². The molecule has 3 rings (SSSR count). The monoisotopic (exact) mass is 393 g/mol. The molecule has 0 radical (unpaired) electrons. The van der Waals surface area contributed by atoms with Gasteiger partial charge in [0.25, 0.3) is 11.8 Å². The number of aromatic nitrogens is 1. The molecule has 142 valence electrons. The molecule has 0 saturated heterocycles. The number of hydrogen-bond donors (Lipinski definition) is 2. The summed E-state index contributed by atoms with van der Waals surface area (Å²) in [5.74, 6) is -0.708. The average Bonchev–Trinajstić information content (AvgIpc) is 2.68. The van der Waals surface area contributed by atoms with Gasteiger partial charge in [0.15, 0.2) is 0 Å². The van der Waals surface area contributed by atoms with Gasteiger partial charge in [-0.05, 0) is 61.7 Å². The SMILES string of the molecule is Cc1cccc(C)c1NC(=O)c1cc(C(=O)Nc2cccc(Cl)c2C)ccn1. The van der Waals surface area contributed by atoms with Crippen LogP contribution in [0, 0.1) is 20.8 Å². The van der Waals surface area contributed by atoms with Gasteiger partial charge in [0.2, 0.25) is 0 Å². The second-order valence-corrected chi connectivity index (χ2v) is 6.92. The molecule has 3 aromatic rings. The molecule has 2 N–H and O–H groups in total. The summed E-state index contributed by atoms with van der Waals surface area (Å²) >= 11 is 6.10. The van der Waals surface area contributed by atoms with Gasteiger partial charge < -0.3 is 10.6 Å². The number of nitrogens with zero attached hydrogens (tertiary/aromatic N) is 1. The summed E-state index contributed by atoms with van der Waals surface area (Å²) < 4.78 is 0. The topological polar surface area (TPSA) is 71.1 Å². The smallest absolute Gasteiger partial charge is 0.274 e. The lowest BCUT2D eigenvalue weighted by molar-refractivity contribution is 0.102. The quantitative estimate of drug-likeness (QED) is 0.642. The predicted octanol–water partition coefficient (Wildman–Crippen LogP) is 5.16. The number of benzene rings is 2. The summed E-state index contributed by atoms with van der Waals surface area (Å²) in [4.78, 5) is 29.3. The fraction of sp³-hybridized carbons (Fsp3) is 0.136. The van der Waals surface area contributed by atoms with Gasteiger partial charge >= 0.3 is 0 Å². The Balaban J connectivity index is 1.81. The van der Waals surface area contributed by atoms with E-state index in [9.17, 15) is 9.59 Å². The highest BCUT2D eigenvalue weighted by molar-refractivity contribution is 6.31. The fourth-order valence-electron chi connectivity index (χ4n) is 2.82. The first kappa shape index (κ1) is 19.6. The Morgan fingerprint density at radius 2 is 1.57 bits per heavy atom. The zero-order chi connectivity index (χ0) is 20.3. The number of halogens is 1. The Morgan fingerprint density at radius 3 is 2.29 bits per heavy atom. The lowest BCUT2D eigenvalue weighted by Gasteiger charge is -2.12. The molecule has 0 bridgehead atoms. The number of nitrogens with one attached hydrogen (secondary N) is 2. The highest BCUT2D eigenvalue weighted by Gasteiger charge is 2.15. The molecular formula is C22H20ClN3O2. The van der Waals surface area contributed by atoms with E-state index in [1.54, 1.807) is 24.3 Å². The van der Waals surface area contributed by atoms with Crippen molar-refractivity contribution in [2.45, 2.75) is 20.8 Å². The lowest BCUT2D eigenvalue weighted by atomic mass is 10.1. The van der Waals surface area contributed by atoms with Gasteiger partial charge in [-0.25, -0.2) is 0 Å².